The first-order valence-corrected chi connectivity index (χ1v) is 11.5. The molecule has 0 aliphatic heterocycles. The lowest BCUT2D eigenvalue weighted by atomic mass is 10.1. The summed E-state index contributed by atoms with van der Waals surface area (Å²) >= 11 is 13.2. The predicted octanol–water partition coefficient (Wildman–Crippen LogP) is 7.13. The highest BCUT2D eigenvalue weighted by Gasteiger charge is 2.09. The van der Waals surface area contributed by atoms with Crippen molar-refractivity contribution in [2.75, 3.05) is 16.4 Å². The molecule has 0 spiro atoms. The molecule has 0 unspecified atom stereocenters. The third-order valence-electron chi connectivity index (χ3n) is 4.68. The summed E-state index contributed by atoms with van der Waals surface area (Å²) in [5.41, 5.74) is 1.84. The molecule has 32 heavy (non-hydrogen) atoms. The van der Waals surface area contributed by atoms with Gasteiger partial charge in [0.15, 0.2) is 0 Å². The number of hydrogen-bond acceptors (Lipinski definition) is 3. The lowest BCUT2D eigenvalue weighted by Crippen LogP contribution is -2.14. The van der Waals surface area contributed by atoms with Gasteiger partial charge in [-0.25, -0.2) is 0 Å². The van der Waals surface area contributed by atoms with Crippen LogP contribution in [0.15, 0.2) is 89.8 Å². The number of hydrogen-bond donors (Lipinski definition) is 2. The first-order valence-electron chi connectivity index (χ1n) is 9.76. The Labute approximate surface area is 199 Å². The molecule has 0 bridgehead atoms. The van der Waals surface area contributed by atoms with Crippen molar-refractivity contribution in [2.24, 2.45) is 0 Å². The van der Waals surface area contributed by atoms with E-state index in [4.69, 9.17) is 23.2 Å². The van der Waals surface area contributed by atoms with Crippen LogP contribution in [0.3, 0.4) is 0 Å². The highest BCUT2D eigenvalue weighted by Crippen LogP contribution is 2.26. The fourth-order valence-electron chi connectivity index (χ4n) is 3.12. The SMILES string of the molecule is O=C(CSc1cccc(NC(=O)c2ccc3ccccc3c2)c1)Nc1ccc(Cl)c(Cl)c1. The van der Waals surface area contributed by atoms with E-state index in [1.165, 1.54) is 11.8 Å². The molecule has 0 atom stereocenters. The molecule has 0 radical (unpaired) electrons. The summed E-state index contributed by atoms with van der Waals surface area (Å²) in [6, 6.07) is 25.8. The summed E-state index contributed by atoms with van der Waals surface area (Å²) in [5, 5.41) is 8.62. The minimum absolute atomic E-state index is 0.168. The molecule has 4 aromatic carbocycles. The van der Waals surface area contributed by atoms with Crippen molar-refractivity contribution >= 4 is 68.9 Å². The van der Waals surface area contributed by atoms with Crippen molar-refractivity contribution < 1.29 is 9.59 Å². The van der Waals surface area contributed by atoms with Gasteiger partial charge in [-0.05, 0) is 59.3 Å². The topological polar surface area (TPSA) is 58.2 Å². The molecule has 4 nitrogen and oxygen atoms in total. The van der Waals surface area contributed by atoms with Crippen LogP contribution in [-0.2, 0) is 4.79 Å². The Morgan fingerprint density at radius 1 is 0.719 bits per heavy atom. The van der Waals surface area contributed by atoms with Crippen molar-refractivity contribution in [3.8, 4) is 0 Å². The molecule has 2 N–H and O–H groups in total. The van der Waals surface area contributed by atoms with Crippen LogP contribution in [0.25, 0.3) is 10.8 Å². The Balaban J connectivity index is 1.36. The first-order chi connectivity index (χ1) is 15.5. The molecule has 160 valence electrons. The van der Waals surface area contributed by atoms with E-state index in [-0.39, 0.29) is 17.6 Å². The van der Waals surface area contributed by atoms with Gasteiger partial charge in [-0.2, -0.15) is 0 Å². The van der Waals surface area contributed by atoms with E-state index in [2.05, 4.69) is 10.6 Å². The van der Waals surface area contributed by atoms with Crippen molar-refractivity contribution in [2.45, 2.75) is 4.90 Å². The molecule has 0 aliphatic carbocycles. The summed E-state index contributed by atoms with van der Waals surface area (Å²) in [5.74, 6) is -0.142. The summed E-state index contributed by atoms with van der Waals surface area (Å²) < 4.78 is 0. The van der Waals surface area contributed by atoms with Gasteiger partial charge in [-0.3, -0.25) is 9.59 Å². The second-order valence-corrected chi connectivity index (χ2v) is 8.87. The third kappa shape index (κ3) is 5.62. The smallest absolute Gasteiger partial charge is 0.255 e. The van der Waals surface area contributed by atoms with E-state index in [1.807, 2.05) is 66.7 Å². The van der Waals surface area contributed by atoms with E-state index in [1.54, 1.807) is 18.2 Å². The molecule has 7 heteroatoms. The number of rotatable bonds is 6. The van der Waals surface area contributed by atoms with E-state index >= 15 is 0 Å². The molecule has 0 aromatic heterocycles. The molecule has 0 aliphatic rings. The Bertz CT molecular complexity index is 1310. The quantitative estimate of drug-likeness (QED) is 0.288. The maximum absolute atomic E-state index is 12.7. The average molecular weight is 481 g/mol. The second kappa shape index (κ2) is 10.1. The number of thioether (sulfide) groups is 1. The lowest BCUT2D eigenvalue weighted by Gasteiger charge is -2.09. The normalized spacial score (nSPS) is 10.7. The fourth-order valence-corrected chi connectivity index (χ4v) is 4.17. The van der Waals surface area contributed by atoms with Crippen LogP contribution >= 0.6 is 35.0 Å². The monoisotopic (exact) mass is 480 g/mol. The predicted molar refractivity (Wildman–Crippen MR) is 134 cm³/mol. The Morgan fingerprint density at radius 3 is 2.31 bits per heavy atom. The molecular formula is C25H18Cl2N2O2S. The number of amides is 2. The van der Waals surface area contributed by atoms with Crippen LogP contribution in [0.2, 0.25) is 10.0 Å². The van der Waals surface area contributed by atoms with E-state index < -0.39 is 0 Å². The van der Waals surface area contributed by atoms with Crippen molar-refractivity contribution in [3.63, 3.8) is 0 Å². The highest BCUT2D eigenvalue weighted by molar-refractivity contribution is 8.00. The van der Waals surface area contributed by atoms with Gasteiger partial charge in [0.1, 0.15) is 0 Å². The van der Waals surface area contributed by atoms with Gasteiger partial charge in [0.2, 0.25) is 5.91 Å². The zero-order valence-corrected chi connectivity index (χ0v) is 19.1. The Morgan fingerprint density at radius 2 is 1.50 bits per heavy atom. The number of fused-ring (bicyclic) bond motifs is 1. The number of halogens is 2. The zero-order valence-electron chi connectivity index (χ0n) is 16.8. The van der Waals surface area contributed by atoms with Crippen LogP contribution in [0, 0.1) is 0 Å². The summed E-state index contributed by atoms with van der Waals surface area (Å²) in [7, 11) is 0. The number of nitrogens with one attached hydrogen (secondary N) is 2. The van der Waals surface area contributed by atoms with Gasteiger partial charge in [-0.15, -0.1) is 11.8 Å². The zero-order chi connectivity index (χ0) is 22.5. The molecule has 4 aromatic rings. The maximum Gasteiger partial charge on any atom is 0.255 e. The van der Waals surface area contributed by atoms with Crippen LogP contribution in [-0.4, -0.2) is 17.6 Å². The van der Waals surface area contributed by atoms with Crippen LogP contribution in [0.5, 0.6) is 0 Å². The van der Waals surface area contributed by atoms with Crippen LogP contribution in [0.4, 0.5) is 11.4 Å². The molecule has 0 saturated carbocycles. The highest BCUT2D eigenvalue weighted by atomic mass is 35.5. The Hall–Kier alpha value is -2.99. The number of carbonyl (C=O) groups is 2. The summed E-state index contributed by atoms with van der Waals surface area (Å²) in [6.07, 6.45) is 0. The van der Waals surface area contributed by atoms with Gasteiger partial charge < -0.3 is 10.6 Å². The van der Waals surface area contributed by atoms with E-state index in [0.717, 1.165) is 15.7 Å². The molecular weight excluding hydrogens is 463 g/mol. The molecule has 0 saturated heterocycles. The van der Waals surface area contributed by atoms with Crippen molar-refractivity contribution in [3.05, 3.63) is 101 Å². The van der Waals surface area contributed by atoms with Crippen LogP contribution in [0.1, 0.15) is 10.4 Å². The summed E-state index contributed by atoms with van der Waals surface area (Å²) in [4.78, 5) is 25.8. The minimum atomic E-state index is -0.185. The van der Waals surface area contributed by atoms with Crippen LogP contribution < -0.4 is 10.6 Å². The van der Waals surface area contributed by atoms with Gasteiger partial charge >= 0.3 is 0 Å². The standard InChI is InChI=1S/C25H18Cl2N2O2S/c26-22-11-10-20(14-23(22)27)28-24(30)15-32-21-7-3-6-19(13-21)29-25(31)18-9-8-16-4-1-2-5-17(16)12-18/h1-14H,15H2,(H,28,30)(H,29,31). The second-order valence-electron chi connectivity index (χ2n) is 7.01. The van der Waals surface area contributed by atoms with Gasteiger partial charge in [0.25, 0.3) is 5.91 Å². The maximum atomic E-state index is 12.7. The minimum Gasteiger partial charge on any atom is -0.325 e. The van der Waals surface area contributed by atoms with E-state index in [0.29, 0.717) is 27.0 Å². The number of anilines is 2. The Kier molecular flexibility index (Phi) is 7.00. The molecule has 0 fully saturated rings. The average Bonchev–Trinajstić information content (AvgIpc) is 2.80. The fraction of sp³-hybridized carbons (Fsp3) is 0.0400. The van der Waals surface area contributed by atoms with Gasteiger partial charge in [0, 0.05) is 21.8 Å². The third-order valence-corrected chi connectivity index (χ3v) is 6.41. The number of benzene rings is 4. The van der Waals surface area contributed by atoms with Crippen molar-refractivity contribution in [1.29, 1.82) is 0 Å². The van der Waals surface area contributed by atoms with Gasteiger partial charge in [0.05, 0.1) is 15.8 Å². The van der Waals surface area contributed by atoms with Gasteiger partial charge in [-0.1, -0.05) is 59.6 Å². The van der Waals surface area contributed by atoms with E-state index in [9.17, 15) is 9.59 Å². The molecule has 4 rings (SSSR count). The lowest BCUT2D eigenvalue weighted by molar-refractivity contribution is -0.113. The molecule has 0 heterocycles. The largest absolute Gasteiger partial charge is 0.325 e. The first kappa shape index (κ1) is 22.2. The molecule has 2 amide bonds. The summed E-state index contributed by atoms with van der Waals surface area (Å²) in [6.45, 7) is 0. The van der Waals surface area contributed by atoms with Crippen molar-refractivity contribution in [1.82, 2.24) is 0 Å². The number of carbonyl (C=O) groups excluding carboxylic acids is 2.